The Morgan fingerprint density at radius 3 is 2.43 bits per heavy atom. The molecule has 0 radical (unpaired) electrons. The number of carbonyl (C=O) groups excluding carboxylic acids is 1. The maximum Gasteiger partial charge on any atom is 0.335 e. The van der Waals surface area contributed by atoms with Crippen molar-refractivity contribution in [2.45, 2.75) is 32.2 Å². The minimum absolute atomic E-state index is 0.0770. The van der Waals surface area contributed by atoms with Crippen LogP contribution >= 0.6 is 0 Å². The number of carbonyl (C=O) groups is 2. The van der Waals surface area contributed by atoms with E-state index in [0.717, 1.165) is 31.2 Å². The predicted octanol–water partition coefficient (Wildman–Crippen LogP) is 2.21. The molecule has 1 fully saturated rings. The molecule has 0 aromatic heterocycles. The Morgan fingerprint density at radius 2 is 1.95 bits per heavy atom. The van der Waals surface area contributed by atoms with Crippen molar-refractivity contribution >= 4 is 11.9 Å². The summed E-state index contributed by atoms with van der Waals surface area (Å²) in [6.07, 6.45) is 3.68. The SMILES string of the molecule is COCCC1(C(=O)NCc2ccc(C(=O)O)cc2)CCC1. The molecule has 0 spiro atoms. The highest BCUT2D eigenvalue weighted by Crippen LogP contribution is 2.44. The molecule has 0 unspecified atom stereocenters. The number of aromatic carboxylic acids is 1. The monoisotopic (exact) mass is 291 g/mol. The van der Waals surface area contributed by atoms with Gasteiger partial charge in [0.15, 0.2) is 0 Å². The van der Waals surface area contributed by atoms with Crippen LogP contribution in [0, 0.1) is 5.41 Å². The molecule has 2 rings (SSSR count). The quantitative estimate of drug-likeness (QED) is 0.807. The topological polar surface area (TPSA) is 75.6 Å². The summed E-state index contributed by atoms with van der Waals surface area (Å²) in [6.45, 7) is 1.02. The molecule has 1 aromatic rings. The Balaban J connectivity index is 1.89. The maximum absolute atomic E-state index is 12.3. The molecule has 0 aliphatic heterocycles. The van der Waals surface area contributed by atoms with Gasteiger partial charge in [-0.2, -0.15) is 0 Å². The number of amides is 1. The Labute approximate surface area is 124 Å². The first kappa shape index (κ1) is 15.5. The summed E-state index contributed by atoms with van der Waals surface area (Å²) in [5, 5.41) is 11.8. The summed E-state index contributed by atoms with van der Waals surface area (Å²) in [5.74, 6) is -0.869. The highest BCUT2D eigenvalue weighted by Gasteiger charge is 2.43. The molecule has 114 valence electrons. The predicted molar refractivity (Wildman–Crippen MR) is 78.0 cm³/mol. The Bertz CT molecular complexity index is 506. The number of rotatable bonds is 7. The average Bonchev–Trinajstić information content (AvgIpc) is 2.44. The van der Waals surface area contributed by atoms with Crippen LogP contribution in [-0.2, 0) is 16.1 Å². The second kappa shape index (κ2) is 6.72. The van der Waals surface area contributed by atoms with Crippen LogP contribution in [0.4, 0.5) is 0 Å². The number of methoxy groups -OCH3 is 1. The van der Waals surface area contributed by atoms with Crippen molar-refractivity contribution in [3.8, 4) is 0 Å². The fraction of sp³-hybridized carbons (Fsp3) is 0.500. The summed E-state index contributed by atoms with van der Waals surface area (Å²) in [4.78, 5) is 23.1. The zero-order chi connectivity index (χ0) is 15.3. The molecule has 5 nitrogen and oxygen atoms in total. The number of carboxylic acid groups (broad SMARTS) is 1. The van der Waals surface area contributed by atoms with Crippen molar-refractivity contribution in [3.05, 3.63) is 35.4 Å². The zero-order valence-electron chi connectivity index (χ0n) is 12.2. The summed E-state index contributed by atoms with van der Waals surface area (Å²) >= 11 is 0. The van der Waals surface area contributed by atoms with Crippen molar-refractivity contribution in [1.29, 1.82) is 0 Å². The van der Waals surface area contributed by atoms with Gasteiger partial charge < -0.3 is 15.2 Å². The second-order valence-corrected chi connectivity index (χ2v) is 5.56. The van der Waals surface area contributed by atoms with Crippen molar-refractivity contribution in [3.63, 3.8) is 0 Å². The molecule has 2 N–H and O–H groups in total. The summed E-state index contributed by atoms with van der Waals surface area (Å²) in [5.41, 5.74) is 0.881. The van der Waals surface area contributed by atoms with Crippen LogP contribution in [0.2, 0.25) is 0 Å². The van der Waals surface area contributed by atoms with Crippen molar-refractivity contribution in [2.24, 2.45) is 5.41 Å². The zero-order valence-corrected chi connectivity index (χ0v) is 12.2. The maximum atomic E-state index is 12.3. The fourth-order valence-corrected chi connectivity index (χ4v) is 2.63. The molecular weight excluding hydrogens is 270 g/mol. The summed E-state index contributed by atoms with van der Waals surface area (Å²) in [6, 6.07) is 6.56. The van der Waals surface area contributed by atoms with Gasteiger partial charge in [-0.25, -0.2) is 4.79 Å². The number of ether oxygens (including phenoxy) is 1. The number of hydrogen-bond acceptors (Lipinski definition) is 3. The first-order valence-corrected chi connectivity index (χ1v) is 7.17. The summed E-state index contributed by atoms with van der Waals surface area (Å²) < 4.78 is 5.09. The lowest BCUT2D eigenvalue weighted by atomic mass is 9.66. The van der Waals surface area contributed by atoms with E-state index >= 15 is 0 Å². The van der Waals surface area contributed by atoms with E-state index in [4.69, 9.17) is 9.84 Å². The molecule has 0 bridgehead atoms. The number of carboxylic acids is 1. The molecule has 0 heterocycles. The van der Waals surface area contributed by atoms with Gasteiger partial charge in [0, 0.05) is 20.3 Å². The van der Waals surface area contributed by atoms with Crippen molar-refractivity contribution in [2.75, 3.05) is 13.7 Å². The third-order valence-corrected chi connectivity index (χ3v) is 4.23. The van der Waals surface area contributed by atoms with Gasteiger partial charge in [0.1, 0.15) is 0 Å². The molecule has 1 aliphatic rings. The van der Waals surface area contributed by atoms with Gasteiger partial charge in [-0.05, 0) is 37.0 Å². The minimum Gasteiger partial charge on any atom is -0.478 e. The van der Waals surface area contributed by atoms with E-state index in [1.54, 1.807) is 31.4 Å². The number of hydrogen-bond donors (Lipinski definition) is 2. The molecular formula is C16H21NO4. The van der Waals surface area contributed by atoms with Gasteiger partial charge in [0.25, 0.3) is 0 Å². The minimum atomic E-state index is -0.946. The highest BCUT2D eigenvalue weighted by atomic mass is 16.5. The van der Waals surface area contributed by atoms with Crippen molar-refractivity contribution in [1.82, 2.24) is 5.32 Å². The first-order chi connectivity index (χ1) is 10.1. The summed E-state index contributed by atoms with van der Waals surface area (Å²) in [7, 11) is 1.65. The van der Waals surface area contributed by atoms with E-state index in [1.165, 1.54) is 0 Å². The van der Waals surface area contributed by atoms with E-state index in [1.807, 2.05) is 0 Å². The Morgan fingerprint density at radius 1 is 1.29 bits per heavy atom. The molecule has 1 saturated carbocycles. The van der Waals surface area contributed by atoms with E-state index in [-0.39, 0.29) is 16.9 Å². The van der Waals surface area contributed by atoms with Crippen LogP contribution in [0.15, 0.2) is 24.3 Å². The largest absolute Gasteiger partial charge is 0.478 e. The van der Waals surface area contributed by atoms with Crippen LogP contribution in [-0.4, -0.2) is 30.7 Å². The van der Waals surface area contributed by atoms with Crippen LogP contribution < -0.4 is 5.32 Å². The van der Waals surface area contributed by atoms with Gasteiger partial charge in [-0.1, -0.05) is 18.6 Å². The van der Waals surface area contributed by atoms with Gasteiger partial charge in [0.05, 0.1) is 11.0 Å². The van der Waals surface area contributed by atoms with Crippen molar-refractivity contribution < 1.29 is 19.4 Å². The standard InChI is InChI=1S/C16H21NO4/c1-21-10-9-16(7-2-8-16)15(20)17-11-12-3-5-13(6-4-12)14(18)19/h3-6H,2,7-11H2,1H3,(H,17,20)(H,18,19). The van der Waals surface area contributed by atoms with Crippen LogP contribution in [0.5, 0.6) is 0 Å². The van der Waals surface area contributed by atoms with Gasteiger partial charge in [-0.3, -0.25) is 4.79 Å². The molecule has 5 heteroatoms. The highest BCUT2D eigenvalue weighted by molar-refractivity contribution is 5.87. The fourth-order valence-electron chi connectivity index (χ4n) is 2.63. The molecule has 0 saturated heterocycles. The normalized spacial score (nSPS) is 16.0. The number of benzene rings is 1. The third kappa shape index (κ3) is 3.61. The lowest BCUT2D eigenvalue weighted by Crippen LogP contribution is -2.46. The van der Waals surface area contributed by atoms with E-state index in [0.29, 0.717) is 13.2 Å². The number of nitrogens with one attached hydrogen (secondary N) is 1. The Kier molecular flexibility index (Phi) is 4.96. The van der Waals surface area contributed by atoms with Crippen LogP contribution in [0.1, 0.15) is 41.6 Å². The van der Waals surface area contributed by atoms with Gasteiger partial charge in [0.2, 0.25) is 5.91 Å². The van der Waals surface area contributed by atoms with E-state index in [9.17, 15) is 9.59 Å². The smallest absolute Gasteiger partial charge is 0.335 e. The average molecular weight is 291 g/mol. The molecule has 21 heavy (non-hydrogen) atoms. The van der Waals surface area contributed by atoms with E-state index < -0.39 is 5.97 Å². The van der Waals surface area contributed by atoms with Gasteiger partial charge in [-0.15, -0.1) is 0 Å². The lowest BCUT2D eigenvalue weighted by molar-refractivity contribution is -0.137. The first-order valence-electron chi connectivity index (χ1n) is 7.17. The van der Waals surface area contributed by atoms with Crippen LogP contribution in [0.3, 0.4) is 0 Å². The lowest BCUT2D eigenvalue weighted by Gasteiger charge is -2.40. The molecule has 1 aromatic carbocycles. The van der Waals surface area contributed by atoms with Gasteiger partial charge >= 0.3 is 5.97 Å². The second-order valence-electron chi connectivity index (χ2n) is 5.56. The Hall–Kier alpha value is -1.88. The van der Waals surface area contributed by atoms with E-state index in [2.05, 4.69) is 5.32 Å². The molecule has 0 atom stereocenters. The molecule has 1 amide bonds. The third-order valence-electron chi connectivity index (χ3n) is 4.23. The molecule has 1 aliphatic carbocycles. The van der Waals surface area contributed by atoms with Crippen LogP contribution in [0.25, 0.3) is 0 Å².